The predicted molar refractivity (Wildman–Crippen MR) is 113 cm³/mol. The molecule has 186 valence electrons. The van der Waals surface area contributed by atoms with Gasteiger partial charge >= 0.3 is 12.4 Å². The average Bonchev–Trinajstić information content (AvgIpc) is 3.45. The van der Waals surface area contributed by atoms with Crippen molar-refractivity contribution in [3.8, 4) is 0 Å². The van der Waals surface area contributed by atoms with Gasteiger partial charge in [0.2, 0.25) is 0 Å². The smallest absolute Gasteiger partial charge is 0.371 e. The average molecular weight is 496 g/mol. The molecule has 2 saturated heterocycles. The minimum absolute atomic E-state index is 0.0317. The first-order valence-electron chi connectivity index (χ1n) is 11.1. The van der Waals surface area contributed by atoms with Crippen LogP contribution in [-0.4, -0.2) is 26.9 Å². The molecule has 0 aliphatic carbocycles. The van der Waals surface area contributed by atoms with Gasteiger partial charge in [-0.2, -0.15) is 26.3 Å². The number of hydrogen-bond acceptors (Lipinski definition) is 4. The van der Waals surface area contributed by atoms with E-state index in [1.807, 2.05) is 34.9 Å². The summed E-state index contributed by atoms with van der Waals surface area (Å²) in [5.74, 6) is 0. The van der Waals surface area contributed by atoms with Crippen LogP contribution in [0.15, 0.2) is 61.2 Å². The number of piperidine rings is 1. The van der Waals surface area contributed by atoms with E-state index in [0.717, 1.165) is 24.1 Å². The molecular formula is C24H22F6N4O. The zero-order chi connectivity index (χ0) is 24.8. The zero-order valence-corrected chi connectivity index (χ0v) is 18.4. The first-order valence-corrected chi connectivity index (χ1v) is 11.1. The van der Waals surface area contributed by atoms with Gasteiger partial charge < -0.3 is 14.6 Å². The maximum Gasteiger partial charge on any atom is 0.416 e. The third-order valence-electron chi connectivity index (χ3n) is 6.94. The number of rotatable bonds is 5. The van der Waals surface area contributed by atoms with Crippen molar-refractivity contribution in [2.75, 3.05) is 0 Å². The fourth-order valence-electron chi connectivity index (χ4n) is 5.37. The fraction of sp³-hybridized carbons (Fsp3) is 0.417. The van der Waals surface area contributed by atoms with Crippen LogP contribution in [0.4, 0.5) is 26.3 Å². The quantitative estimate of drug-likeness (QED) is 0.475. The molecule has 0 amide bonds. The van der Waals surface area contributed by atoms with E-state index in [4.69, 9.17) is 4.74 Å². The van der Waals surface area contributed by atoms with Gasteiger partial charge in [0.25, 0.3) is 0 Å². The Balaban J connectivity index is 1.45. The van der Waals surface area contributed by atoms with Gasteiger partial charge in [0.05, 0.1) is 35.4 Å². The molecule has 4 atom stereocenters. The molecule has 0 spiro atoms. The highest BCUT2D eigenvalue weighted by Gasteiger charge is 2.54. The molecular weight excluding hydrogens is 474 g/mol. The second-order valence-electron chi connectivity index (χ2n) is 9.06. The van der Waals surface area contributed by atoms with Crippen LogP contribution in [-0.2, 0) is 29.2 Å². The first kappa shape index (κ1) is 23.8. The molecule has 1 N–H and O–H groups in total. The molecule has 0 saturated carbocycles. The van der Waals surface area contributed by atoms with Crippen LogP contribution in [0.25, 0.3) is 0 Å². The van der Waals surface area contributed by atoms with Crippen molar-refractivity contribution in [2.45, 2.75) is 61.9 Å². The van der Waals surface area contributed by atoms with E-state index in [-0.39, 0.29) is 30.3 Å². The topological polar surface area (TPSA) is 52.0 Å². The second kappa shape index (κ2) is 8.63. The van der Waals surface area contributed by atoms with Crippen LogP contribution in [0.1, 0.15) is 47.6 Å². The Morgan fingerprint density at radius 1 is 0.914 bits per heavy atom. The highest BCUT2D eigenvalue weighted by Crippen LogP contribution is 2.49. The predicted octanol–water partition coefficient (Wildman–Crippen LogP) is 5.49. The molecule has 3 heterocycles. The van der Waals surface area contributed by atoms with E-state index in [9.17, 15) is 26.3 Å². The van der Waals surface area contributed by atoms with E-state index in [0.29, 0.717) is 12.8 Å². The van der Waals surface area contributed by atoms with Crippen LogP contribution < -0.4 is 5.32 Å². The lowest BCUT2D eigenvalue weighted by atomic mass is 9.80. The molecule has 5 rings (SSSR count). The molecule has 35 heavy (non-hydrogen) atoms. The fourth-order valence-corrected chi connectivity index (χ4v) is 5.37. The Morgan fingerprint density at radius 2 is 1.54 bits per heavy atom. The van der Waals surface area contributed by atoms with Gasteiger partial charge in [0, 0.05) is 6.04 Å². The van der Waals surface area contributed by atoms with Gasteiger partial charge in [-0.3, -0.25) is 0 Å². The highest BCUT2D eigenvalue weighted by atomic mass is 19.4. The Hall–Kier alpha value is -2.92. The molecule has 2 fully saturated rings. The normalized spacial score (nSPS) is 26.7. The maximum atomic E-state index is 13.3. The summed E-state index contributed by atoms with van der Waals surface area (Å²) in [4.78, 5) is 0. The Bertz CT molecular complexity index is 1130. The summed E-state index contributed by atoms with van der Waals surface area (Å²) in [6.07, 6.45) is -5.07. The molecule has 4 unspecified atom stereocenters. The molecule has 2 bridgehead atoms. The SMILES string of the molecule is FC(F)(F)c1cc(COC2CCC3NC2(c2ccccc2)CC3n2cnnc2)cc(C(F)(F)F)c1. The summed E-state index contributed by atoms with van der Waals surface area (Å²) in [5, 5.41) is 11.5. The van der Waals surface area contributed by atoms with E-state index in [2.05, 4.69) is 15.5 Å². The van der Waals surface area contributed by atoms with Crippen molar-refractivity contribution < 1.29 is 31.1 Å². The zero-order valence-electron chi connectivity index (χ0n) is 18.4. The van der Waals surface area contributed by atoms with E-state index >= 15 is 0 Å². The summed E-state index contributed by atoms with van der Waals surface area (Å²) in [6.45, 7) is -0.379. The number of aromatic nitrogens is 3. The summed E-state index contributed by atoms with van der Waals surface area (Å²) in [6, 6.07) is 11.3. The lowest BCUT2D eigenvalue weighted by Crippen LogP contribution is -2.54. The van der Waals surface area contributed by atoms with Crippen molar-refractivity contribution in [3.63, 3.8) is 0 Å². The summed E-state index contributed by atoms with van der Waals surface area (Å²) in [5.41, 5.74) is -2.58. The van der Waals surface area contributed by atoms with Crippen molar-refractivity contribution in [2.24, 2.45) is 0 Å². The maximum absolute atomic E-state index is 13.3. The minimum Gasteiger partial charge on any atom is -0.371 e. The summed E-state index contributed by atoms with van der Waals surface area (Å²) >= 11 is 0. The third-order valence-corrected chi connectivity index (χ3v) is 6.94. The third kappa shape index (κ3) is 4.54. The van der Waals surface area contributed by atoms with E-state index in [1.54, 1.807) is 12.7 Å². The van der Waals surface area contributed by atoms with Crippen LogP contribution in [0, 0.1) is 0 Å². The largest absolute Gasteiger partial charge is 0.416 e. The number of benzene rings is 2. The Labute approximate surface area is 197 Å². The van der Waals surface area contributed by atoms with Crippen LogP contribution in [0.3, 0.4) is 0 Å². The van der Waals surface area contributed by atoms with E-state index < -0.39 is 35.1 Å². The molecule has 3 aromatic rings. The number of fused-ring (bicyclic) bond motifs is 2. The van der Waals surface area contributed by atoms with Crippen molar-refractivity contribution >= 4 is 0 Å². The van der Waals surface area contributed by atoms with Crippen LogP contribution >= 0.6 is 0 Å². The monoisotopic (exact) mass is 496 g/mol. The van der Waals surface area contributed by atoms with Gasteiger partial charge in [-0.05, 0) is 48.6 Å². The number of hydrogen-bond donors (Lipinski definition) is 1. The van der Waals surface area contributed by atoms with Crippen molar-refractivity contribution in [1.82, 2.24) is 20.1 Å². The Morgan fingerprint density at radius 3 is 2.14 bits per heavy atom. The van der Waals surface area contributed by atoms with Crippen LogP contribution in [0.2, 0.25) is 0 Å². The second-order valence-corrected chi connectivity index (χ2v) is 9.06. The van der Waals surface area contributed by atoms with Gasteiger partial charge in [0.1, 0.15) is 12.7 Å². The van der Waals surface area contributed by atoms with Gasteiger partial charge in [0.15, 0.2) is 0 Å². The van der Waals surface area contributed by atoms with Gasteiger partial charge in [-0.25, -0.2) is 0 Å². The molecule has 5 nitrogen and oxygen atoms in total. The molecule has 1 aromatic heterocycles. The number of alkyl halides is 6. The number of ether oxygens (including phenoxy) is 1. The van der Waals surface area contributed by atoms with Crippen molar-refractivity contribution in [3.05, 3.63) is 83.4 Å². The summed E-state index contributed by atoms with van der Waals surface area (Å²) in [7, 11) is 0. The summed E-state index contributed by atoms with van der Waals surface area (Å²) < 4.78 is 87.7. The standard InChI is InChI=1S/C24H22F6N4O/c25-23(26,27)17-8-15(9-18(10-17)24(28,29)30)12-35-21-7-6-19-20(34-13-31-32-14-34)11-22(21,33-19)16-4-2-1-3-5-16/h1-5,8-10,13-14,19-21,33H,6-7,11-12H2. The number of nitrogens with one attached hydrogen (secondary N) is 1. The van der Waals surface area contributed by atoms with Gasteiger partial charge in [-0.15, -0.1) is 10.2 Å². The molecule has 2 aliphatic heterocycles. The van der Waals surface area contributed by atoms with Gasteiger partial charge in [-0.1, -0.05) is 30.3 Å². The first-order chi connectivity index (χ1) is 16.6. The van der Waals surface area contributed by atoms with Crippen molar-refractivity contribution in [1.29, 1.82) is 0 Å². The highest BCUT2D eigenvalue weighted by molar-refractivity contribution is 5.34. The molecule has 2 aromatic carbocycles. The molecule has 2 aliphatic rings. The van der Waals surface area contributed by atoms with E-state index in [1.165, 1.54) is 0 Å². The lowest BCUT2D eigenvalue weighted by Gasteiger charge is -2.42. The molecule has 11 heteroatoms. The Kier molecular flexibility index (Phi) is 5.87. The minimum atomic E-state index is -4.90. The van der Waals surface area contributed by atoms with Crippen LogP contribution in [0.5, 0.6) is 0 Å². The number of halogens is 6. The molecule has 0 radical (unpaired) electrons. The number of nitrogens with zero attached hydrogens (tertiary/aromatic N) is 3. The lowest BCUT2D eigenvalue weighted by molar-refractivity contribution is -0.143.